The second-order valence-electron chi connectivity index (χ2n) is 6.80. The minimum Gasteiger partial charge on any atom is -0.388 e. The number of hydrogen-bond acceptors (Lipinski definition) is 3. The molecule has 1 aromatic carbocycles. The molecule has 106 valence electrons. The topological polar surface area (TPSA) is 44.3 Å². The van der Waals surface area contributed by atoms with Crippen LogP contribution in [-0.2, 0) is 6.54 Å². The Morgan fingerprint density at radius 2 is 1.95 bits per heavy atom. The van der Waals surface area contributed by atoms with Gasteiger partial charge in [-0.25, -0.2) is 0 Å². The van der Waals surface area contributed by atoms with E-state index in [0.29, 0.717) is 0 Å². The molecule has 2 rings (SSSR count). The number of aliphatic hydroxyl groups is 1. The van der Waals surface area contributed by atoms with Gasteiger partial charge in [0.25, 0.3) is 0 Å². The van der Waals surface area contributed by atoms with Gasteiger partial charge >= 0.3 is 0 Å². The first-order chi connectivity index (χ1) is 8.80. The fourth-order valence-corrected chi connectivity index (χ4v) is 2.69. The predicted octanol–water partition coefficient (Wildman–Crippen LogP) is 2.36. The molecular formula is C16H26N2O. The molecule has 0 fully saturated rings. The molecule has 0 saturated carbocycles. The molecule has 1 heterocycles. The first-order valence-corrected chi connectivity index (χ1v) is 7.08. The third-order valence-corrected chi connectivity index (χ3v) is 3.77. The third kappa shape index (κ3) is 3.56. The standard InChI is InChI=1S/C16H26N2O/c1-15(2,3)18-10-9-16(4,19)14-13-8-6-5-7-12(13)11-17-14/h5-8,14,17-19H,9-11H2,1-4H3. The van der Waals surface area contributed by atoms with Crippen LogP contribution in [0.5, 0.6) is 0 Å². The van der Waals surface area contributed by atoms with E-state index in [9.17, 15) is 5.11 Å². The highest BCUT2D eigenvalue weighted by molar-refractivity contribution is 5.35. The molecule has 1 aliphatic heterocycles. The molecule has 0 spiro atoms. The van der Waals surface area contributed by atoms with Crippen LogP contribution in [0, 0.1) is 0 Å². The highest BCUT2D eigenvalue weighted by atomic mass is 16.3. The number of benzene rings is 1. The van der Waals surface area contributed by atoms with Crippen LogP contribution in [0.4, 0.5) is 0 Å². The van der Waals surface area contributed by atoms with Crippen molar-refractivity contribution in [1.29, 1.82) is 0 Å². The molecule has 19 heavy (non-hydrogen) atoms. The second kappa shape index (κ2) is 5.23. The third-order valence-electron chi connectivity index (χ3n) is 3.77. The minimum atomic E-state index is -0.731. The summed E-state index contributed by atoms with van der Waals surface area (Å²) in [7, 11) is 0. The van der Waals surface area contributed by atoms with E-state index < -0.39 is 5.60 Å². The highest BCUT2D eigenvalue weighted by Gasteiger charge is 2.36. The molecule has 3 nitrogen and oxygen atoms in total. The molecule has 3 N–H and O–H groups in total. The van der Waals surface area contributed by atoms with Gasteiger partial charge in [-0.05, 0) is 51.8 Å². The Morgan fingerprint density at radius 1 is 1.26 bits per heavy atom. The molecule has 2 unspecified atom stereocenters. The summed E-state index contributed by atoms with van der Waals surface area (Å²) < 4.78 is 0. The van der Waals surface area contributed by atoms with Crippen molar-refractivity contribution in [2.45, 2.75) is 57.8 Å². The second-order valence-corrected chi connectivity index (χ2v) is 6.80. The molecule has 1 aliphatic rings. The summed E-state index contributed by atoms with van der Waals surface area (Å²) in [4.78, 5) is 0. The van der Waals surface area contributed by atoms with Gasteiger partial charge in [0.2, 0.25) is 0 Å². The van der Waals surface area contributed by atoms with Crippen LogP contribution in [0.2, 0.25) is 0 Å². The van der Waals surface area contributed by atoms with Crippen LogP contribution in [0.1, 0.15) is 51.3 Å². The number of nitrogens with one attached hydrogen (secondary N) is 2. The first-order valence-electron chi connectivity index (χ1n) is 7.08. The normalized spacial score (nSPS) is 22.1. The predicted molar refractivity (Wildman–Crippen MR) is 79.0 cm³/mol. The van der Waals surface area contributed by atoms with Crippen LogP contribution < -0.4 is 10.6 Å². The van der Waals surface area contributed by atoms with Crippen LogP contribution >= 0.6 is 0 Å². The van der Waals surface area contributed by atoms with Crippen molar-refractivity contribution < 1.29 is 5.11 Å². The zero-order chi connectivity index (χ0) is 14.1. The van der Waals surface area contributed by atoms with Gasteiger partial charge in [-0.1, -0.05) is 24.3 Å². The maximum atomic E-state index is 10.8. The molecule has 0 aromatic heterocycles. The van der Waals surface area contributed by atoms with Crippen molar-refractivity contribution in [2.75, 3.05) is 6.54 Å². The summed E-state index contributed by atoms with van der Waals surface area (Å²) in [5.74, 6) is 0. The maximum Gasteiger partial charge on any atom is 0.0825 e. The zero-order valence-corrected chi connectivity index (χ0v) is 12.5. The Hall–Kier alpha value is -0.900. The molecule has 0 aliphatic carbocycles. The number of hydrogen-bond donors (Lipinski definition) is 3. The van der Waals surface area contributed by atoms with Crippen LogP contribution in [0.3, 0.4) is 0 Å². The molecule has 1 aromatic rings. The van der Waals surface area contributed by atoms with Gasteiger partial charge < -0.3 is 15.7 Å². The average Bonchev–Trinajstić information content (AvgIpc) is 2.71. The lowest BCUT2D eigenvalue weighted by atomic mass is 9.87. The van der Waals surface area contributed by atoms with E-state index >= 15 is 0 Å². The number of rotatable bonds is 4. The van der Waals surface area contributed by atoms with E-state index in [4.69, 9.17) is 0 Å². The van der Waals surface area contributed by atoms with Gasteiger partial charge in [0.05, 0.1) is 11.6 Å². The molecule has 0 bridgehead atoms. The summed E-state index contributed by atoms with van der Waals surface area (Å²) in [6, 6.07) is 8.38. The Labute approximate surface area is 116 Å². The molecule has 0 radical (unpaired) electrons. The van der Waals surface area contributed by atoms with E-state index in [2.05, 4.69) is 49.6 Å². The van der Waals surface area contributed by atoms with Gasteiger partial charge in [0, 0.05) is 12.1 Å². The van der Waals surface area contributed by atoms with Gasteiger partial charge in [0.1, 0.15) is 0 Å². The van der Waals surface area contributed by atoms with Crippen molar-refractivity contribution in [3.63, 3.8) is 0 Å². The summed E-state index contributed by atoms with van der Waals surface area (Å²) in [5.41, 5.74) is 1.90. The zero-order valence-electron chi connectivity index (χ0n) is 12.5. The van der Waals surface area contributed by atoms with E-state index in [-0.39, 0.29) is 11.6 Å². The Balaban J connectivity index is 2.01. The Morgan fingerprint density at radius 3 is 2.63 bits per heavy atom. The first kappa shape index (κ1) is 14.5. The van der Waals surface area contributed by atoms with E-state index in [1.54, 1.807) is 0 Å². The molecule has 2 atom stereocenters. The molecular weight excluding hydrogens is 236 g/mol. The summed E-state index contributed by atoms with van der Waals surface area (Å²) >= 11 is 0. The van der Waals surface area contributed by atoms with Gasteiger partial charge in [0.15, 0.2) is 0 Å². The van der Waals surface area contributed by atoms with Crippen molar-refractivity contribution in [2.24, 2.45) is 0 Å². The van der Waals surface area contributed by atoms with Gasteiger partial charge in [-0.2, -0.15) is 0 Å². The maximum absolute atomic E-state index is 10.8. The van der Waals surface area contributed by atoms with E-state index in [1.807, 2.05) is 13.0 Å². The van der Waals surface area contributed by atoms with E-state index in [0.717, 1.165) is 19.5 Å². The monoisotopic (exact) mass is 262 g/mol. The molecule has 0 saturated heterocycles. The molecule has 3 heteroatoms. The lowest BCUT2D eigenvalue weighted by molar-refractivity contribution is 0.0129. The van der Waals surface area contributed by atoms with Gasteiger partial charge in [-0.3, -0.25) is 0 Å². The SMILES string of the molecule is CC(C)(C)NCCC(C)(O)C1NCc2ccccc21. The van der Waals surface area contributed by atoms with Crippen LogP contribution in [0.15, 0.2) is 24.3 Å². The summed E-state index contributed by atoms with van der Waals surface area (Å²) in [5, 5.41) is 17.6. The van der Waals surface area contributed by atoms with Crippen molar-refractivity contribution in [1.82, 2.24) is 10.6 Å². The van der Waals surface area contributed by atoms with Crippen LogP contribution in [0.25, 0.3) is 0 Å². The average molecular weight is 262 g/mol. The minimum absolute atomic E-state index is 0.0328. The smallest absolute Gasteiger partial charge is 0.0825 e. The van der Waals surface area contributed by atoms with Crippen molar-refractivity contribution in [3.05, 3.63) is 35.4 Å². The lowest BCUT2D eigenvalue weighted by Crippen LogP contribution is -2.44. The Bertz CT molecular complexity index is 435. The molecule has 0 amide bonds. The van der Waals surface area contributed by atoms with E-state index in [1.165, 1.54) is 11.1 Å². The highest BCUT2D eigenvalue weighted by Crippen LogP contribution is 2.35. The fourth-order valence-electron chi connectivity index (χ4n) is 2.69. The quantitative estimate of drug-likeness (QED) is 0.780. The van der Waals surface area contributed by atoms with Crippen molar-refractivity contribution in [3.8, 4) is 0 Å². The largest absolute Gasteiger partial charge is 0.388 e. The van der Waals surface area contributed by atoms with Crippen molar-refractivity contribution >= 4 is 0 Å². The Kier molecular flexibility index (Phi) is 4.00. The summed E-state index contributed by atoms with van der Waals surface area (Å²) in [6.07, 6.45) is 0.732. The fraction of sp³-hybridized carbons (Fsp3) is 0.625. The summed E-state index contributed by atoms with van der Waals surface area (Å²) in [6.45, 7) is 10.0. The van der Waals surface area contributed by atoms with Gasteiger partial charge in [-0.15, -0.1) is 0 Å². The number of fused-ring (bicyclic) bond motifs is 1. The lowest BCUT2D eigenvalue weighted by Gasteiger charge is -2.32. The van der Waals surface area contributed by atoms with Crippen LogP contribution in [-0.4, -0.2) is 22.8 Å².